The number of nitrogen functional groups attached to an aromatic ring is 1. The fourth-order valence-corrected chi connectivity index (χ4v) is 4.09. The third kappa shape index (κ3) is 4.18. The van der Waals surface area contributed by atoms with Crippen molar-refractivity contribution in [3.63, 3.8) is 0 Å². The van der Waals surface area contributed by atoms with E-state index in [1.807, 2.05) is 0 Å². The number of aromatic hydroxyl groups is 1. The maximum atomic E-state index is 11.6. The van der Waals surface area contributed by atoms with E-state index in [1.54, 1.807) is 0 Å². The van der Waals surface area contributed by atoms with Crippen molar-refractivity contribution in [1.82, 2.24) is 0 Å². The van der Waals surface area contributed by atoms with Crippen LogP contribution in [0.4, 0.5) is 17.1 Å². The zero-order chi connectivity index (χ0) is 22.3. The molecule has 0 heterocycles. The Bertz CT molecular complexity index is 1400. The Morgan fingerprint density at radius 3 is 2.03 bits per heavy atom. The molecule has 13 heteroatoms. The van der Waals surface area contributed by atoms with Crippen LogP contribution in [0.25, 0.3) is 10.8 Å². The van der Waals surface area contributed by atoms with Crippen LogP contribution in [0.15, 0.2) is 62.5 Å². The number of ether oxygens (including phenoxy) is 1. The minimum Gasteiger partial charge on any atom is -0.505 e. The summed E-state index contributed by atoms with van der Waals surface area (Å²) in [5.41, 5.74) is 5.24. The Kier molecular flexibility index (Phi) is 5.38. The molecule has 0 spiro atoms. The molecule has 0 fully saturated rings. The largest absolute Gasteiger partial charge is 0.505 e. The van der Waals surface area contributed by atoms with E-state index in [1.165, 1.54) is 37.4 Å². The lowest BCUT2D eigenvalue weighted by atomic mass is 10.1. The number of methoxy groups -OCH3 is 1. The van der Waals surface area contributed by atoms with Gasteiger partial charge in [0.05, 0.1) is 7.11 Å². The molecule has 0 amide bonds. The van der Waals surface area contributed by atoms with Gasteiger partial charge in [0.1, 0.15) is 26.9 Å². The van der Waals surface area contributed by atoms with Crippen LogP contribution in [0.2, 0.25) is 0 Å². The van der Waals surface area contributed by atoms with Gasteiger partial charge in [-0.2, -0.15) is 16.8 Å². The highest BCUT2D eigenvalue weighted by molar-refractivity contribution is 7.86. The molecule has 11 nitrogen and oxygen atoms in total. The SMILES string of the molecule is COc1ccc(N=Nc2ccc3c(S(=O)(=O)O)cc(N)cc3c2O)c(S(=O)(=O)O)c1. The third-order valence-corrected chi connectivity index (χ3v) is 5.83. The predicted octanol–water partition coefficient (Wildman–Crippen LogP) is 3.04. The van der Waals surface area contributed by atoms with E-state index in [0.29, 0.717) is 0 Å². The Balaban J connectivity index is 2.16. The fourth-order valence-electron chi connectivity index (χ4n) is 2.71. The van der Waals surface area contributed by atoms with E-state index in [0.717, 1.165) is 12.1 Å². The summed E-state index contributed by atoms with van der Waals surface area (Å²) >= 11 is 0. The van der Waals surface area contributed by atoms with Gasteiger partial charge in [-0.25, -0.2) is 0 Å². The second-order valence-electron chi connectivity index (χ2n) is 6.03. The van der Waals surface area contributed by atoms with Gasteiger partial charge in [0, 0.05) is 22.5 Å². The Hall–Kier alpha value is -3.26. The summed E-state index contributed by atoms with van der Waals surface area (Å²) in [5.74, 6) is -0.348. The van der Waals surface area contributed by atoms with Crippen LogP contribution in [-0.2, 0) is 20.2 Å². The maximum absolute atomic E-state index is 11.6. The van der Waals surface area contributed by atoms with E-state index >= 15 is 0 Å². The zero-order valence-corrected chi connectivity index (χ0v) is 16.8. The number of nitrogens with two attached hydrogens (primary N) is 1. The van der Waals surface area contributed by atoms with Crippen LogP contribution in [0.5, 0.6) is 11.5 Å². The molecule has 0 saturated heterocycles. The molecule has 0 aliphatic rings. The molecule has 0 aliphatic carbocycles. The van der Waals surface area contributed by atoms with E-state index in [2.05, 4.69) is 10.2 Å². The lowest BCUT2D eigenvalue weighted by molar-refractivity contribution is 0.412. The quantitative estimate of drug-likeness (QED) is 0.255. The van der Waals surface area contributed by atoms with Gasteiger partial charge >= 0.3 is 0 Å². The molecule has 3 rings (SSSR count). The van der Waals surface area contributed by atoms with E-state index in [9.17, 15) is 31.0 Å². The number of hydrogen-bond acceptors (Lipinski definition) is 9. The highest BCUT2D eigenvalue weighted by Gasteiger charge is 2.19. The number of fused-ring (bicyclic) bond motifs is 1. The van der Waals surface area contributed by atoms with Crippen molar-refractivity contribution >= 4 is 48.1 Å². The topological polar surface area (TPSA) is 189 Å². The Labute approximate surface area is 170 Å². The van der Waals surface area contributed by atoms with Crippen molar-refractivity contribution in [3.05, 3.63) is 42.5 Å². The molecular formula is C17H15N3O8S2. The lowest BCUT2D eigenvalue weighted by Gasteiger charge is -2.09. The van der Waals surface area contributed by atoms with Gasteiger partial charge in [-0.1, -0.05) is 6.07 Å². The first kappa shape index (κ1) is 21.4. The molecule has 0 unspecified atom stereocenters. The molecule has 3 aromatic rings. The van der Waals surface area contributed by atoms with Gasteiger partial charge < -0.3 is 15.6 Å². The number of azo groups is 1. The average Bonchev–Trinajstić information content (AvgIpc) is 2.66. The van der Waals surface area contributed by atoms with E-state index < -0.39 is 35.8 Å². The molecule has 0 bridgehead atoms. The van der Waals surface area contributed by atoms with Crippen molar-refractivity contribution in [3.8, 4) is 11.5 Å². The Morgan fingerprint density at radius 2 is 1.43 bits per heavy atom. The number of phenolic OH excluding ortho intramolecular Hbond substituents is 1. The van der Waals surface area contributed by atoms with Gasteiger partial charge in [-0.3, -0.25) is 9.11 Å². The van der Waals surface area contributed by atoms with Crippen molar-refractivity contribution in [1.29, 1.82) is 0 Å². The smallest absolute Gasteiger partial charge is 0.296 e. The van der Waals surface area contributed by atoms with Crippen LogP contribution in [0, 0.1) is 0 Å². The molecular weight excluding hydrogens is 438 g/mol. The number of rotatable bonds is 5. The molecule has 0 atom stereocenters. The van der Waals surface area contributed by atoms with Crippen LogP contribution in [-0.4, -0.2) is 38.2 Å². The first-order valence-corrected chi connectivity index (χ1v) is 10.9. The van der Waals surface area contributed by atoms with Crippen molar-refractivity contribution in [2.75, 3.05) is 12.8 Å². The summed E-state index contributed by atoms with van der Waals surface area (Å²) in [6, 6.07) is 8.46. The van der Waals surface area contributed by atoms with E-state index in [-0.39, 0.29) is 33.6 Å². The van der Waals surface area contributed by atoms with E-state index in [4.69, 9.17) is 10.5 Å². The summed E-state index contributed by atoms with van der Waals surface area (Å²) in [6.45, 7) is 0. The zero-order valence-electron chi connectivity index (χ0n) is 15.2. The van der Waals surface area contributed by atoms with Crippen LogP contribution in [0.3, 0.4) is 0 Å². The third-order valence-electron chi connectivity index (χ3n) is 4.06. The summed E-state index contributed by atoms with van der Waals surface area (Å²) in [7, 11) is -7.96. The van der Waals surface area contributed by atoms with Crippen LogP contribution in [0.1, 0.15) is 0 Å². The fraction of sp³-hybridized carbons (Fsp3) is 0.0588. The summed E-state index contributed by atoms with van der Waals surface area (Å²) < 4.78 is 70.0. The first-order chi connectivity index (χ1) is 13.9. The number of hydrogen-bond donors (Lipinski definition) is 4. The molecule has 3 aromatic carbocycles. The van der Waals surface area contributed by atoms with Crippen molar-refractivity contribution in [2.24, 2.45) is 10.2 Å². The second kappa shape index (κ2) is 7.53. The molecule has 0 saturated carbocycles. The molecule has 0 aliphatic heterocycles. The summed E-state index contributed by atoms with van der Waals surface area (Å²) in [4.78, 5) is -1.07. The average molecular weight is 453 g/mol. The molecule has 158 valence electrons. The number of benzene rings is 3. The molecule has 0 aromatic heterocycles. The minimum atomic E-state index is -4.65. The molecule has 5 N–H and O–H groups in total. The molecule has 0 radical (unpaired) electrons. The number of phenols is 1. The normalized spacial score (nSPS) is 12.5. The standard InChI is InChI=1S/C17H15N3O8S2/c1-28-10-2-4-13(16(8-10)30(25,26)27)19-20-14-5-3-11-12(17(14)21)6-9(18)7-15(11)29(22,23)24/h2-8,21H,18H2,1H3,(H,22,23,24)(H,25,26,27). The second-order valence-corrected chi connectivity index (χ2v) is 8.81. The van der Waals surface area contributed by atoms with Crippen molar-refractivity contribution in [2.45, 2.75) is 9.79 Å². The monoisotopic (exact) mass is 453 g/mol. The summed E-state index contributed by atoms with van der Waals surface area (Å²) in [6.07, 6.45) is 0. The van der Waals surface area contributed by atoms with Crippen LogP contribution < -0.4 is 10.5 Å². The summed E-state index contributed by atoms with van der Waals surface area (Å²) in [5, 5.41) is 18.0. The van der Waals surface area contributed by atoms with Gasteiger partial charge in [0.2, 0.25) is 0 Å². The highest BCUT2D eigenvalue weighted by Crippen LogP contribution is 2.39. The first-order valence-electron chi connectivity index (χ1n) is 8.02. The predicted molar refractivity (Wildman–Crippen MR) is 107 cm³/mol. The number of anilines is 1. The Morgan fingerprint density at radius 1 is 0.833 bits per heavy atom. The van der Waals surface area contributed by atoms with Gasteiger partial charge in [0.15, 0.2) is 5.75 Å². The highest BCUT2D eigenvalue weighted by atomic mass is 32.2. The van der Waals surface area contributed by atoms with Gasteiger partial charge in [0.25, 0.3) is 20.2 Å². The van der Waals surface area contributed by atoms with Gasteiger partial charge in [-0.05, 0) is 30.3 Å². The van der Waals surface area contributed by atoms with Gasteiger partial charge in [-0.15, -0.1) is 10.2 Å². The lowest BCUT2D eigenvalue weighted by Crippen LogP contribution is -2.01. The molecule has 30 heavy (non-hydrogen) atoms. The van der Waals surface area contributed by atoms with Crippen LogP contribution >= 0.6 is 0 Å². The maximum Gasteiger partial charge on any atom is 0.296 e. The van der Waals surface area contributed by atoms with Crippen molar-refractivity contribution < 1.29 is 35.8 Å². The minimum absolute atomic E-state index is 0.00813. The number of nitrogens with zero attached hydrogens (tertiary/aromatic N) is 2.